The molecule has 4 rings (SSSR count). The normalized spacial score (nSPS) is 23.5. The number of amides is 2. The number of nitrogens with zero attached hydrogens (tertiary/aromatic N) is 8. The van der Waals surface area contributed by atoms with Gasteiger partial charge in [0.25, 0.3) is 0 Å². The number of hydrogen-bond acceptors (Lipinski definition) is 9. The monoisotopic (exact) mass is 497 g/mol. The lowest BCUT2D eigenvalue weighted by Crippen LogP contribution is -2.58. The molecule has 0 aromatic carbocycles. The fourth-order valence-corrected chi connectivity index (χ4v) is 4.91. The van der Waals surface area contributed by atoms with E-state index in [-0.39, 0.29) is 36.0 Å². The Morgan fingerprint density at radius 2 is 2.00 bits per heavy atom. The molecule has 2 saturated heterocycles. The number of carbonyl (C=O) groups excluding carboxylic acids is 2. The van der Waals surface area contributed by atoms with Crippen molar-refractivity contribution in [2.75, 3.05) is 29.9 Å². The molecule has 2 fully saturated rings. The maximum atomic E-state index is 12.2. The molecule has 2 aliphatic heterocycles. The molecule has 12 nitrogen and oxygen atoms in total. The molecule has 0 bridgehead atoms. The molecule has 2 amide bonds. The molecule has 4 atom stereocenters. The highest BCUT2D eigenvalue weighted by Gasteiger charge is 2.35. The van der Waals surface area contributed by atoms with E-state index in [1.54, 1.807) is 13.3 Å². The molecule has 0 aliphatic carbocycles. The predicted molar refractivity (Wildman–Crippen MR) is 134 cm³/mol. The number of ether oxygens (including phenoxy) is 1. The average Bonchev–Trinajstić information content (AvgIpc) is 3.44. The first kappa shape index (κ1) is 25.5. The third kappa shape index (κ3) is 5.32. The summed E-state index contributed by atoms with van der Waals surface area (Å²) in [5.41, 5.74) is 0.836. The van der Waals surface area contributed by atoms with Crippen LogP contribution < -0.4 is 10.2 Å². The van der Waals surface area contributed by atoms with Crippen LogP contribution in [0.3, 0.4) is 0 Å². The zero-order valence-electron chi connectivity index (χ0n) is 21.6. The second-order valence-corrected chi connectivity index (χ2v) is 9.52. The van der Waals surface area contributed by atoms with E-state index in [0.29, 0.717) is 25.0 Å². The number of anilines is 2. The molecule has 1 N–H and O–H groups in total. The van der Waals surface area contributed by atoms with Crippen molar-refractivity contribution >= 4 is 23.9 Å². The van der Waals surface area contributed by atoms with Crippen molar-refractivity contribution in [2.45, 2.75) is 71.9 Å². The molecule has 0 saturated carbocycles. The first-order chi connectivity index (χ1) is 17.2. The third-order valence-electron chi connectivity index (χ3n) is 6.61. The summed E-state index contributed by atoms with van der Waals surface area (Å²) in [5, 5.41) is 3.28. The van der Waals surface area contributed by atoms with Crippen molar-refractivity contribution in [1.82, 2.24) is 34.3 Å². The van der Waals surface area contributed by atoms with Crippen LogP contribution in [0.5, 0.6) is 0 Å². The SMILES string of the molecule is C=CC(=O)N1[C@H](C)CN(Cn2cnc([C@H](C)Nc3nc(C)nc(N4C(=O)OC[C@@H]4CC)n3)c2)C[C@@H]1C. The van der Waals surface area contributed by atoms with Crippen LogP contribution >= 0.6 is 0 Å². The highest BCUT2D eigenvalue weighted by molar-refractivity contribution is 5.88. The number of carbonyl (C=O) groups is 2. The molecule has 2 aromatic heterocycles. The molecule has 2 aromatic rings. The second kappa shape index (κ2) is 10.6. The molecule has 0 unspecified atom stereocenters. The molecule has 194 valence electrons. The lowest BCUT2D eigenvalue weighted by Gasteiger charge is -2.44. The quantitative estimate of drug-likeness (QED) is 0.548. The van der Waals surface area contributed by atoms with E-state index in [1.165, 1.54) is 11.0 Å². The van der Waals surface area contributed by atoms with Gasteiger partial charge in [0.15, 0.2) is 0 Å². The van der Waals surface area contributed by atoms with Gasteiger partial charge in [0.2, 0.25) is 17.8 Å². The molecular weight excluding hydrogens is 462 g/mol. The summed E-state index contributed by atoms with van der Waals surface area (Å²) < 4.78 is 7.22. The molecule has 0 spiro atoms. The summed E-state index contributed by atoms with van der Waals surface area (Å²) in [6.45, 7) is 16.0. The minimum absolute atomic E-state index is 0.0250. The van der Waals surface area contributed by atoms with Crippen LogP contribution in [-0.4, -0.2) is 84.1 Å². The van der Waals surface area contributed by atoms with Crippen LogP contribution in [0.25, 0.3) is 0 Å². The van der Waals surface area contributed by atoms with Crippen LogP contribution in [0, 0.1) is 6.92 Å². The standard InChI is InChI=1S/C24H35N9O3/c1-7-19-12-36-24(35)33(19)23-28-18(6)27-22(29-23)26-17(5)20-11-31(13-25-20)14-30-9-15(3)32(16(4)10-30)21(34)8-2/h8,11,13,15-17,19H,2,7,9-10,12,14H2,1,3-6H3,(H,26,27,28,29)/t15-,16+,17-,19-/m0/s1. The van der Waals surface area contributed by atoms with Gasteiger partial charge < -0.3 is 19.5 Å². The predicted octanol–water partition coefficient (Wildman–Crippen LogP) is 2.35. The van der Waals surface area contributed by atoms with Gasteiger partial charge in [-0.1, -0.05) is 13.5 Å². The highest BCUT2D eigenvalue weighted by atomic mass is 16.6. The van der Waals surface area contributed by atoms with E-state index in [9.17, 15) is 9.59 Å². The summed E-state index contributed by atoms with van der Waals surface area (Å²) in [6.07, 6.45) is 5.48. The third-order valence-corrected chi connectivity index (χ3v) is 6.61. The number of cyclic esters (lactones) is 1. The minimum Gasteiger partial charge on any atom is -0.447 e. The molecular formula is C24H35N9O3. The van der Waals surface area contributed by atoms with Crippen molar-refractivity contribution in [3.8, 4) is 0 Å². The van der Waals surface area contributed by atoms with Gasteiger partial charge in [-0.25, -0.2) is 14.7 Å². The van der Waals surface area contributed by atoms with Gasteiger partial charge in [-0.15, -0.1) is 0 Å². The topological polar surface area (TPSA) is 122 Å². The summed E-state index contributed by atoms with van der Waals surface area (Å²) in [4.78, 5) is 47.9. The summed E-state index contributed by atoms with van der Waals surface area (Å²) in [6, 6.07) is -0.0654. The second-order valence-electron chi connectivity index (χ2n) is 9.52. The van der Waals surface area contributed by atoms with E-state index < -0.39 is 6.09 Å². The zero-order valence-corrected chi connectivity index (χ0v) is 21.6. The number of piperazine rings is 1. The number of hydrogen-bond donors (Lipinski definition) is 1. The van der Waals surface area contributed by atoms with Crippen LogP contribution in [0.15, 0.2) is 25.2 Å². The Hall–Kier alpha value is -3.54. The summed E-state index contributed by atoms with van der Waals surface area (Å²) in [7, 11) is 0. The van der Waals surface area contributed by atoms with Crippen LogP contribution in [0.1, 0.15) is 51.7 Å². The van der Waals surface area contributed by atoms with Gasteiger partial charge in [0.05, 0.1) is 30.8 Å². The smallest absolute Gasteiger partial charge is 0.417 e. The Labute approximate surface area is 211 Å². The molecule has 0 radical (unpaired) electrons. The largest absolute Gasteiger partial charge is 0.447 e. The lowest BCUT2D eigenvalue weighted by atomic mass is 10.1. The zero-order chi connectivity index (χ0) is 26.0. The molecule has 36 heavy (non-hydrogen) atoms. The molecule has 2 aliphatic rings. The number of imidazole rings is 1. The Balaban J connectivity index is 1.41. The van der Waals surface area contributed by atoms with E-state index in [2.05, 4.69) is 50.6 Å². The van der Waals surface area contributed by atoms with Gasteiger partial charge in [-0.2, -0.15) is 15.0 Å². The molecule has 12 heteroatoms. The van der Waals surface area contributed by atoms with Crippen molar-refractivity contribution in [3.63, 3.8) is 0 Å². The lowest BCUT2D eigenvalue weighted by molar-refractivity contribution is -0.134. The van der Waals surface area contributed by atoms with E-state index in [4.69, 9.17) is 4.74 Å². The Bertz CT molecular complexity index is 1110. The van der Waals surface area contributed by atoms with Gasteiger partial charge in [0.1, 0.15) is 12.4 Å². The number of aryl methyl sites for hydroxylation is 1. The van der Waals surface area contributed by atoms with E-state index in [0.717, 1.165) is 25.2 Å². The van der Waals surface area contributed by atoms with Gasteiger partial charge >= 0.3 is 6.09 Å². The van der Waals surface area contributed by atoms with Crippen LogP contribution in [0.4, 0.5) is 16.7 Å². The maximum Gasteiger partial charge on any atom is 0.417 e. The van der Waals surface area contributed by atoms with Crippen molar-refractivity contribution in [3.05, 3.63) is 36.7 Å². The highest BCUT2D eigenvalue weighted by Crippen LogP contribution is 2.24. The Kier molecular flexibility index (Phi) is 7.53. The summed E-state index contributed by atoms with van der Waals surface area (Å²) in [5.74, 6) is 1.14. The molecule has 4 heterocycles. The minimum atomic E-state index is -0.441. The van der Waals surface area contributed by atoms with Crippen molar-refractivity contribution in [1.29, 1.82) is 0 Å². The number of nitrogens with one attached hydrogen (secondary N) is 1. The fourth-order valence-electron chi connectivity index (χ4n) is 4.91. The van der Waals surface area contributed by atoms with Crippen LogP contribution in [-0.2, 0) is 16.2 Å². The fraction of sp³-hybridized carbons (Fsp3) is 0.583. The number of rotatable bonds is 8. The van der Waals surface area contributed by atoms with Crippen molar-refractivity contribution < 1.29 is 14.3 Å². The average molecular weight is 498 g/mol. The van der Waals surface area contributed by atoms with Gasteiger partial charge in [-0.3, -0.25) is 9.69 Å². The first-order valence-corrected chi connectivity index (χ1v) is 12.3. The van der Waals surface area contributed by atoms with E-state index in [1.807, 2.05) is 29.5 Å². The first-order valence-electron chi connectivity index (χ1n) is 12.3. The summed E-state index contributed by atoms with van der Waals surface area (Å²) >= 11 is 0. The van der Waals surface area contributed by atoms with E-state index >= 15 is 0 Å². The Morgan fingerprint density at radius 1 is 1.28 bits per heavy atom. The van der Waals surface area contributed by atoms with Gasteiger partial charge in [0, 0.05) is 31.4 Å². The van der Waals surface area contributed by atoms with Crippen LogP contribution in [0.2, 0.25) is 0 Å². The number of aromatic nitrogens is 5. The maximum absolute atomic E-state index is 12.2. The van der Waals surface area contributed by atoms with Gasteiger partial charge in [-0.05, 0) is 40.2 Å². The Morgan fingerprint density at radius 3 is 2.67 bits per heavy atom. The van der Waals surface area contributed by atoms with Crippen molar-refractivity contribution in [2.24, 2.45) is 0 Å².